The van der Waals surface area contributed by atoms with Crippen molar-refractivity contribution in [1.82, 2.24) is 4.90 Å². The van der Waals surface area contributed by atoms with Gasteiger partial charge in [-0.15, -0.1) is 0 Å². The van der Waals surface area contributed by atoms with Crippen molar-refractivity contribution < 1.29 is 19.1 Å². The van der Waals surface area contributed by atoms with E-state index in [1.54, 1.807) is 36.1 Å². The molecule has 124 valence electrons. The summed E-state index contributed by atoms with van der Waals surface area (Å²) in [6.45, 7) is 3.92. The Morgan fingerprint density at radius 2 is 1.96 bits per heavy atom. The summed E-state index contributed by atoms with van der Waals surface area (Å²) in [7, 11) is 0. The van der Waals surface area contributed by atoms with Gasteiger partial charge in [0, 0.05) is 25.9 Å². The van der Waals surface area contributed by atoms with Crippen LogP contribution in [0.5, 0.6) is 0 Å². The lowest BCUT2D eigenvalue weighted by atomic mass is 10.1. The Labute approximate surface area is 135 Å². The molecule has 0 heterocycles. The van der Waals surface area contributed by atoms with E-state index in [1.807, 2.05) is 0 Å². The lowest BCUT2D eigenvalue weighted by molar-refractivity contribution is -0.129. The predicted molar refractivity (Wildman–Crippen MR) is 86.1 cm³/mol. The number of ether oxygens (including phenoxy) is 1. The van der Waals surface area contributed by atoms with Crippen LogP contribution in [0.25, 0.3) is 0 Å². The summed E-state index contributed by atoms with van der Waals surface area (Å²) >= 11 is 0. The van der Waals surface area contributed by atoms with Gasteiger partial charge >= 0.3 is 5.97 Å². The molecule has 1 fully saturated rings. The third-order valence-corrected chi connectivity index (χ3v) is 3.67. The van der Waals surface area contributed by atoms with Crippen LogP contribution in [0.2, 0.25) is 0 Å². The number of nitrogens with zero attached hydrogens (tertiary/aromatic N) is 1. The lowest BCUT2D eigenvalue weighted by Gasteiger charge is -2.20. The first-order valence-electron chi connectivity index (χ1n) is 7.86. The number of amides is 2. The fourth-order valence-corrected chi connectivity index (χ4v) is 2.40. The van der Waals surface area contributed by atoms with Gasteiger partial charge in [-0.2, -0.15) is 0 Å². The molecule has 0 unspecified atom stereocenters. The first kappa shape index (κ1) is 17.0. The quantitative estimate of drug-likeness (QED) is 0.782. The van der Waals surface area contributed by atoms with Gasteiger partial charge in [-0.3, -0.25) is 9.59 Å². The monoisotopic (exact) mass is 318 g/mol. The minimum atomic E-state index is -0.466. The molecule has 2 amide bonds. The van der Waals surface area contributed by atoms with Crippen molar-refractivity contribution >= 4 is 23.5 Å². The van der Waals surface area contributed by atoms with Gasteiger partial charge in [-0.25, -0.2) is 4.79 Å². The average molecular weight is 318 g/mol. The molecule has 0 bridgehead atoms. The minimum Gasteiger partial charge on any atom is -0.462 e. The molecule has 1 aliphatic rings. The predicted octanol–water partition coefficient (Wildman–Crippen LogP) is 2.20. The molecule has 1 aromatic carbocycles. The van der Waals surface area contributed by atoms with E-state index in [2.05, 4.69) is 5.32 Å². The van der Waals surface area contributed by atoms with Crippen molar-refractivity contribution in [2.24, 2.45) is 0 Å². The van der Waals surface area contributed by atoms with Crippen molar-refractivity contribution in [3.05, 3.63) is 29.8 Å². The highest BCUT2D eigenvalue weighted by Gasteiger charge is 2.30. The number of rotatable bonds is 7. The van der Waals surface area contributed by atoms with Crippen LogP contribution in [0, 0.1) is 0 Å². The maximum atomic E-state index is 12.1. The fourth-order valence-electron chi connectivity index (χ4n) is 2.40. The molecule has 2 rings (SSSR count). The maximum Gasteiger partial charge on any atom is 0.340 e. The Morgan fingerprint density at radius 3 is 2.57 bits per heavy atom. The van der Waals surface area contributed by atoms with Crippen molar-refractivity contribution in [2.75, 3.05) is 18.5 Å². The second kappa shape index (κ2) is 7.76. The molecule has 1 aliphatic carbocycles. The summed E-state index contributed by atoms with van der Waals surface area (Å²) in [4.78, 5) is 37.3. The smallest absolute Gasteiger partial charge is 0.340 e. The van der Waals surface area contributed by atoms with E-state index in [0.717, 1.165) is 12.8 Å². The molecule has 0 atom stereocenters. The van der Waals surface area contributed by atoms with Crippen LogP contribution >= 0.6 is 0 Å². The number of nitrogens with one attached hydrogen (secondary N) is 1. The molecule has 1 N–H and O–H groups in total. The number of carbonyl (C=O) groups is 3. The van der Waals surface area contributed by atoms with Gasteiger partial charge in [-0.05, 0) is 31.9 Å². The highest BCUT2D eigenvalue weighted by molar-refractivity contribution is 6.01. The molecular formula is C17H22N2O4. The zero-order valence-corrected chi connectivity index (χ0v) is 13.5. The second-order valence-electron chi connectivity index (χ2n) is 5.51. The highest BCUT2D eigenvalue weighted by Crippen LogP contribution is 2.27. The molecular weight excluding hydrogens is 296 g/mol. The summed E-state index contributed by atoms with van der Waals surface area (Å²) in [6, 6.07) is 7.01. The molecule has 6 nitrogen and oxygen atoms in total. The number of esters is 1. The molecule has 0 radical (unpaired) electrons. The van der Waals surface area contributed by atoms with Crippen LogP contribution in [-0.2, 0) is 14.3 Å². The van der Waals surface area contributed by atoms with E-state index in [0.29, 0.717) is 17.8 Å². The van der Waals surface area contributed by atoms with Crippen LogP contribution in [0.1, 0.15) is 43.5 Å². The Bertz CT molecular complexity index is 596. The number of carbonyl (C=O) groups excluding carboxylic acids is 3. The van der Waals surface area contributed by atoms with Crippen LogP contribution in [0.15, 0.2) is 24.3 Å². The number of hydrogen-bond acceptors (Lipinski definition) is 4. The summed E-state index contributed by atoms with van der Waals surface area (Å²) < 4.78 is 4.98. The maximum absolute atomic E-state index is 12.1. The standard InChI is InChI=1S/C17H22N2O4/c1-3-23-17(22)14-6-4-5-7-15(14)18-16(21)10-11-19(12(2)20)13-8-9-13/h4-7,13H,3,8-11H2,1-2H3,(H,18,21). The minimum absolute atomic E-state index is 0.00720. The second-order valence-corrected chi connectivity index (χ2v) is 5.51. The van der Waals surface area contributed by atoms with Gasteiger partial charge in [0.2, 0.25) is 11.8 Å². The van der Waals surface area contributed by atoms with E-state index in [-0.39, 0.29) is 30.9 Å². The zero-order chi connectivity index (χ0) is 16.8. The van der Waals surface area contributed by atoms with E-state index >= 15 is 0 Å². The fraction of sp³-hybridized carbons (Fsp3) is 0.471. The van der Waals surface area contributed by atoms with Crippen molar-refractivity contribution in [1.29, 1.82) is 0 Å². The SMILES string of the molecule is CCOC(=O)c1ccccc1NC(=O)CCN(C(C)=O)C1CC1. The van der Waals surface area contributed by atoms with Gasteiger partial charge in [-0.1, -0.05) is 12.1 Å². The van der Waals surface area contributed by atoms with E-state index < -0.39 is 5.97 Å². The Hall–Kier alpha value is -2.37. The van der Waals surface area contributed by atoms with Gasteiger partial charge < -0.3 is 15.0 Å². The number of benzene rings is 1. The van der Waals surface area contributed by atoms with Crippen molar-refractivity contribution in [3.63, 3.8) is 0 Å². The average Bonchev–Trinajstić information content (AvgIpc) is 3.32. The third kappa shape index (κ3) is 4.81. The summed E-state index contributed by atoms with van der Waals surface area (Å²) in [5.74, 6) is -0.701. The third-order valence-electron chi connectivity index (χ3n) is 3.67. The van der Waals surface area contributed by atoms with Crippen LogP contribution in [-0.4, -0.2) is 41.9 Å². The Morgan fingerprint density at radius 1 is 1.26 bits per heavy atom. The van der Waals surface area contributed by atoms with Gasteiger partial charge in [0.1, 0.15) is 0 Å². The molecule has 0 aromatic heterocycles. The Balaban J connectivity index is 1.95. The molecule has 0 saturated heterocycles. The van der Waals surface area contributed by atoms with Gasteiger partial charge in [0.25, 0.3) is 0 Å². The van der Waals surface area contributed by atoms with Crippen molar-refractivity contribution in [3.8, 4) is 0 Å². The van der Waals surface area contributed by atoms with Crippen molar-refractivity contribution in [2.45, 2.75) is 39.2 Å². The zero-order valence-electron chi connectivity index (χ0n) is 13.5. The first-order chi connectivity index (χ1) is 11.0. The number of anilines is 1. The summed E-state index contributed by atoms with van der Waals surface area (Å²) in [5, 5.41) is 2.73. The van der Waals surface area contributed by atoms with Gasteiger partial charge in [0.05, 0.1) is 17.9 Å². The van der Waals surface area contributed by atoms with Crippen LogP contribution in [0.3, 0.4) is 0 Å². The van der Waals surface area contributed by atoms with Crippen LogP contribution < -0.4 is 5.32 Å². The largest absolute Gasteiger partial charge is 0.462 e. The van der Waals surface area contributed by atoms with Crippen LogP contribution in [0.4, 0.5) is 5.69 Å². The molecule has 1 aromatic rings. The van der Waals surface area contributed by atoms with E-state index in [4.69, 9.17) is 4.74 Å². The van der Waals surface area contributed by atoms with E-state index in [9.17, 15) is 14.4 Å². The molecule has 0 spiro atoms. The molecule has 6 heteroatoms. The highest BCUT2D eigenvalue weighted by atomic mass is 16.5. The van der Waals surface area contributed by atoms with Gasteiger partial charge in [0.15, 0.2) is 0 Å². The molecule has 1 saturated carbocycles. The number of para-hydroxylation sites is 1. The van der Waals surface area contributed by atoms with E-state index in [1.165, 1.54) is 6.92 Å². The topological polar surface area (TPSA) is 75.7 Å². The normalized spacial score (nSPS) is 13.3. The number of hydrogen-bond donors (Lipinski definition) is 1. The lowest BCUT2D eigenvalue weighted by Crippen LogP contribution is -2.33. The molecule has 0 aliphatic heterocycles. The first-order valence-corrected chi connectivity index (χ1v) is 7.86. The molecule has 23 heavy (non-hydrogen) atoms. The summed E-state index contributed by atoms with van der Waals surface area (Å²) in [6.07, 6.45) is 2.22. The Kier molecular flexibility index (Phi) is 5.73. The summed E-state index contributed by atoms with van der Waals surface area (Å²) in [5.41, 5.74) is 0.755.